The van der Waals surface area contributed by atoms with E-state index in [1.165, 1.54) is 52.5 Å². The molecule has 3 heterocycles. The largest absolute Gasteiger partial charge is 0.507 e. The maximum Gasteiger partial charge on any atom is 0.312 e. The minimum absolute atomic E-state index is 0.0685. The Bertz CT molecular complexity index is 1900. The number of anilines is 1. The summed E-state index contributed by atoms with van der Waals surface area (Å²) in [7, 11) is 1.44. The van der Waals surface area contributed by atoms with Crippen molar-refractivity contribution < 1.29 is 54.4 Å². The van der Waals surface area contributed by atoms with Crippen LogP contribution in [-0.4, -0.2) is 104 Å². The fourth-order valence-electron chi connectivity index (χ4n) is 7.36. The molecule has 2 aromatic carbocycles. The monoisotopic (exact) mass is 781 g/mol. The predicted molar refractivity (Wildman–Crippen MR) is 214 cm³/mol. The molecule has 5 bridgehead atoms. The number of nitrogens with one attached hydrogen (secondary N) is 1. The lowest BCUT2D eigenvalue weighted by molar-refractivity contribution is -0.112. The van der Waals surface area contributed by atoms with Crippen molar-refractivity contribution in [2.75, 3.05) is 25.5 Å². The first-order chi connectivity index (χ1) is 26.4. The van der Waals surface area contributed by atoms with Gasteiger partial charge in [-0.15, -0.1) is 0 Å². The van der Waals surface area contributed by atoms with Crippen LogP contribution in [0.4, 0.5) is 5.69 Å². The van der Waals surface area contributed by atoms with Crippen molar-refractivity contribution in [1.82, 2.24) is 5.01 Å². The average Bonchev–Trinajstić information content (AvgIpc) is 3.43. The van der Waals surface area contributed by atoms with Gasteiger partial charge in [-0.1, -0.05) is 59.8 Å². The number of aromatic hydroxyl groups is 3. The number of aliphatic hydroxyl groups is 3. The molecule has 1 amide bonds. The van der Waals surface area contributed by atoms with E-state index in [9.17, 15) is 40.2 Å². The zero-order valence-corrected chi connectivity index (χ0v) is 34.0. The molecule has 0 aliphatic carbocycles. The van der Waals surface area contributed by atoms with Gasteiger partial charge in [0.05, 0.1) is 59.1 Å². The van der Waals surface area contributed by atoms with Gasteiger partial charge in [0.15, 0.2) is 5.75 Å². The van der Waals surface area contributed by atoms with E-state index < -0.39 is 82.8 Å². The maximum atomic E-state index is 14.3. The molecule has 0 saturated heterocycles. The Labute approximate surface area is 328 Å². The fourth-order valence-corrected chi connectivity index (χ4v) is 7.36. The second-order valence-corrected chi connectivity index (χ2v) is 15.2. The van der Waals surface area contributed by atoms with Gasteiger partial charge in [0.2, 0.25) is 0 Å². The van der Waals surface area contributed by atoms with Crippen molar-refractivity contribution in [2.45, 2.75) is 105 Å². The lowest BCUT2D eigenvalue weighted by Crippen LogP contribution is -2.44. The van der Waals surface area contributed by atoms with Crippen LogP contribution < -0.4 is 10.1 Å². The number of Topliss-reactive ketones (excluding diaryl/α,β-unsaturated/α-hetero) is 1. The van der Waals surface area contributed by atoms with Crippen molar-refractivity contribution in [3.05, 3.63) is 52.8 Å². The molecule has 14 heteroatoms. The number of methoxy groups -OCH3 is 1. The molecule has 9 atom stereocenters. The van der Waals surface area contributed by atoms with Crippen molar-refractivity contribution in [1.29, 1.82) is 0 Å². The van der Waals surface area contributed by atoms with Crippen molar-refractivity contribution >= 4 is 34.4 Å². The number of ether oxygens (including phenoxy) is 3. The summed E-state index contributed by atoms with van der Waals surface area (Å²) in [5, 5.41) is 77.7. The maximum absolute atomic E-state index is 14.3. The third-order valence-electron chi connectivity index (χ3n) is 11.1. The Balaban J connectivity index is 1.98. The molecule has 2 aromatic rings. The lowest BCUT2D eigenvalue weighted by Gasteiger charge is -2.36. The lowest BCUT2D eigenvalue weighted by atomic mass is 9.78. The topological polar surface area (TPSA) is 211 Å². The van der Waals surface area contributed by atoms with Gasteiger partial charge in [-0.05, 0) is 32.8 Å². The van der Waals surface area contributed by atoms with Gasteiger partial charge in [-0.25, -0.2) is 0 Å². The van der Waals surface area contributed by atoms with Gasteiger partial charge in [0.25, 0.3) is 11.7 Å². The van der Waals surface area contributed by atoms with Crippen LogP contribution in [0.1, 0.15) is 89.7 Å². The summed E-state index contributed by atoms with van der Waals surface area (Å²) >= 11 is 0. The van der Waals surface area contributed by atoms with E-state index in [1.807, 2.05) is 13.8 Å². The van der Waals surface area contributed by atoms with Crippen LogP contribution in [0.2, 0.25) is 0 Å². The van der Waals surface area contributed by atoms with E-state index in [2.05, 4.69) is 10.4 Å². The van der Waals surface area contributed by atoms with Crippen LogP contribution >= 0.6 is 0 Å². The molecule has 56 heavy (non-hydrogen) atoms. The minimum atomic E-state index is -2.01. The molecule has 5 rings (SSSR count). The summed E-state index contributed by atoms with van der Waals surface area (Å²) < 4.78 is 17.7. The van der Waals surface area contributed by atoms with Gasteiger partial charge in [-0.3, -0.25) is 14.6 Å². The summed E-state index contributed by atoms with van der Waals surface area (Å²) in [5.74, 6) is -7.59. The fraction of sp³-hybridized carbons (Fsp3) is 0.548. The van der Waals surface area contributed by atoms with Crippen LogP contribution in [0, 0.1) is 30.6 Å². The number of allylic oxidation sites excluding steroid dienone is 2. The van der Waals surface area contributed by atoms with Gasteiger partial charge in [0, 0.05) is 67.3 Å². The number of aliphatic hydroxyl groups excluding tert-OH is 3. The second kappa shape index (κ2) is 18.1. The number of amides is 1. The highest BCUT2D eigenvalue weighted by Crippen LogP contribution is 2.55. The molecule has 0 saturated carbocycles. The standard InChI is InChI=1S/C42H59N3O11/c1-11-17-45(18-12-2)43-20-27-32-38(51)30-29(37(27)50)31-39(26(8)36(30)49)56-42(9,40(31)52)55-19-16-28(54-10)23(5)34(47)25(7)35(48)24(6)33(46)21(3)14-13-15-22(4)41(53)44-32/h13-16,19-21,23-25,28,33-35,46-51H,11-12,17-18H2,1-10H3,(H,44,53)/b14-13+,19-16+,22-15-,43-20+/t21-,23+,24+,25-,28-,33-,34+,35+,42-/m0/s1. The zero-order valence-electron chi connectivity index (χ0n) is 34.0. The Morgan fingerprint density at radius 1 is 0.893 bits per heavy atom. The Morgan fingerprint density at radius 3 is 2.11 bits per heavy atom. The first-order valence-electron chi connectivity index (χ1n) is 19.2. The van der Waals surface area contributed by atoms with Crippen LogP contribution in [0.5, 0.6) is 23.0 Å². The van der Waals surface area contributed by atoms with E-state index in [0.29, 0.717) is 13.1 Å². The van der Waals surface area contributed by atoms with Crippen LogP contribution in [0.25, 0.3) is 10.8 Å². The van der Waals surface area contributed by atoms with Gasteiger partial charge in [-0.2, -0.15) is 5.10 Å². The van der Waals surface area contributed by atoms with Crippen LogP contribution in [0.15, 0.2) is 41.2 Å². The summed E-state index contributed by atoms with van der Waals surface area (Å²) in [6.07, 6.45) is 6.33. The first-order valence-corrected chi connectivity index (χ1v) is 19.2. The number of ketones is 1. The van der Waals surface area contributed by atoms with Crippen molar-refractivity contribution in [2.24, 2.45) is 28.8 Å². The molecule has 3 aliphatic heterocycles. The molecular formula is C42H59N3O11. The predicted octanol–water partition coefficient (Wildman–Crippen LogP) is 5.64. The summed E-state index contributed by atoms with van der Waals surface area (Å²) in [4.78, 5) is 28.0. The van der Waals surface area contributed by atoms with E-state index in [1.54, 1.807) is 44.9 Å². The highest BCUT2D eigenvalue weighted by Gasteiger charge is 2.50. The van der Waals surface area contributed by atoms with E-state index in [4.69, 9.17) is 14.2 Å². The molecule has 14 nitrogen and oxygen atoms in total. The number of carbonyl (C=O) groups excluding carboxylic acids is 2. The number of phenolic OH excluding ortho intramolecular Hbond substituents is 3. The minimum Gasteiger partial charge on any atom is -0.507 e. The first kappa shape index (κ1) is 44.1. The van der Waals surface area contributed by atoms with Crippen LogP contribution in [-0.2, 0) is 14.3 Å². The second-order valence-electron chi connectivity index (χ2n) is 15.2. The smallest absolute Gasteiger partial charge is 0.312 e. The Morgan fingerprint density at radius 2 is 1.50 bits per heavy atom. The average molecular weight is 782 g/mol. The van der Waals surface area contributed by atoms with Crippen molar-refractivity contribution in [3.63, 3.8) is 0 Å². The van der Waals surface area contributed by atoms with Crippen molar-refractivity contribution in [3.8, 4) is 23.0 Å². The molecule has 3 aliphatic rings. The van der Waals surface area contributed by atoms with E-state index >= 15 is 0 Å². The summed E-state index contributed by atoms with van der Waals surface area (Å²) in [6.45, 7) is 16.4. The molecule has 0 fully saturated rings. The third kappa shape index (κ3) is 8.53. The third-order valence-corrected chi connectivity index (χ3v) is 11.1. The molecule has 0 spiro atoms. The molecule has 0 aromatic heterocycles. The van der Waals surface area contributed by atoms with E-state index in [0.717, 1.165) is 12.8 Å². The molecular weight excluding hydrogens is 722 g/mol. The number of hydrazone groups is 1. The molecule has 7 N–H and O–H groups in total. The zero-order chi connectivity index (χ0) is 41.8. The number of hydrogen-bond acceptors (Lipinski definition) is 13. The molecule has 308 valence electrons. The van der Waals surface area contributed by atoms with Crippen LogP contribution in [0.3, 0.4) is 0 Å². The highest BCUT2D eigenvalue weighted by atomic mass is 16.7. The SMILES string of the molecule is CCCN(CCC)/N=C/c1c2c(O)c3c(O)c(C)c4c(c3c1O)C(=O)[C@@](C)(O/C=C/[C@H](OC)[C@@H](C)[C@@H](O)[C@H](C)[C@H](O)[C@H](C)[C@@H](O)[C@@H](C)/C=C/C=C(/C)C(=O)N2)O4. The van der Waals surface area contributed by atoms with E-state index in [-0.39, 0.29) is 44.5 Å². The number of phenols is 3. The number of hydrogen-bond donors (Lipinski definition) is 7. The summed E-state index contributed by atoms with van der Waals surface area (Å²) in [5.41, 5.74) is -0.294. The van der Waals surface area contributed by atoms with Gasteiger partial charge >= 0.3 is 5.79 Å². The normalized spacial score (nSPS) is 31.2. The summed E-state index contributed by atoms with van der Waals surface area (Å²) in [6, 6.07) is 0. The molecule has 0 unspecified atom stereocenters. The molecule has 0 radical (unpaired) electrons. The number of carbonyl (C=O) groups is 2. The number of fused-ring (bicyclic) bond motifs is 14. The number of rotatable bonds is 7. The van der Waals surface area contributed by atoms with Gasteiger partial charge in [0.1, 0.15) is 17.2 Å². The quantitative estimate of drug-likeness (QED) is 0.0788. The number of nitrogens with zero attached hydrogens (tertiary/aromatic N) is 2. The Kier molecular flexibility index (Phi) is 14.2. The van der Waals surface area contributed by atoms with Gasteiger partial charge < -0.3 is 50.2 Å². The number of benzene rings is 2. The highest BCUT2D eigenvalue weighted by molar-refractivity contribution is 6.23. The Hall–Kier alpha value is -4.63.